The Morgan fingerprint density at radius 3 is 2.38 bits per heavy atom. The number of carbonyl (C=O) groups excluding carboxylic acids is 2. The number of carbonyl (C=O) groups is 2. The second kappa shape index (κ2) is 9.76. The zero-order chi connectivity index (χ0) is 25.2. The van der Waals surface area contributed by atoms with Crippen molar-refractivity contribution >= 4 is 28.4 Å². The molecule has 2 aliphatic rings. The van der Waals surface area contributed by atoms with Crippen molar-refractivity contribution in [1.29, 1.82) is 0 Å². The predicted octanol–water partition coefficient (Wildman–Crippen LogP) is 5.15. The first-order valence-corrected chi connectivity index (χ1v) is 13.1. The number of hydrogen-bond acceptors (Lipinski definition) is 5. The molecule has 0 spiro atoms. The number of anilines is 1. The van der Waals surface area contributed by atoms with Crippen molar-refractivity contribution < 1.29 is 9.59 Å². The molecule has 6 rings (SSSR count). The van der Waals surface area contributed by atoms with Gasteiger partial charge in [-0.25, -0.2) is 14.6 Å². The molecule has 0 radical (unpaired) electrons. The lowest BCUT2D eigenvalue weighted by Crippen LogP contribution is -2.61. The highest BCUT2D eigenvalue weighted by Gasteiger charge is 2.45. The lowest BCUT2D eigenvalue weighted by molar-refractivity contribution is -0.125. The Balaban J connectivity index is 1.30. The summed E-state index contributed by atoms with van der Waals surface area (Å²) in [5.74, 6) is -0.0620. The van der Waals surface area contributed by atoms with Crippen LogP contribution >= 0.6 is 0 Å². The summed E-state index contributed by atoms with van der Waals surface area (Å²) in [6.45, 7) is 0. The Hall–Kier alpha value is -4.07. The van der Waals surface area contributed by atoms with Crippen LogP contribution < -0.4 is 10.6 Å². The average molecular weight is 495 g/mol. The largest absolute Gasteiger partial charge is 0.338 e. The molecule has 188 valence electrons. The molecule has 0 saturated heterocycles. The van der Waals surface area contributed by atoms with E-state index in [1.54, 1.807) is 12.4 Å². The van der Waals surface area contributed by atoms with Crippen molar-refractivity contribution in [3.05, 3.63) is 78.5 Å². The molecule has 0 bridgehead atoms. The molecule has 2 amide bonds. The summed E-state index contributed by atoms with van der Waals surface area (Å²) < 4.78 is 2.06. The second-order valence-corrected chi connectivity index (χ2v) is 10.2. The number of benzene rings is 2. The van der Waals surface area contributed by atoms with E-state index in [2.05, 4.69) is 37.4 Å². The molecule has 2 saturated carbocycles. The minimum absolute atomic E-state index is 0.240. The smallest absolute Gasteiger partial charge is 0.252 e. The molecule has 0 unspecified atom stereocenters. The second-order valence-electron chi connectivity index (χ2n) is 10.2. The lowest BCUT2D eigenvalue weighted by Gasteiger charge is -2.40. The summed E-state index contributed by atoms with van der Waals surface area (Å²) in [6.07, 6.45) is 12.6. The molecule has 2 fully saturated rings. The summed E-state index contributed by atoms with van der Waals surface area (Å²) in [6, 6.07) is 15.9. The van der Waals surface area contributed by atoms with Gasteiger partial charge in [0.15, 0.2) is 0 Å². The van der Waals surface area contributed by atoms with E-state index >= 15 is 0 Å². The van der Waals surface area contributed by atoms with Gasteiger partial charge < -0.3 is 10.6 Å². The monoisotopic (exact) mass is 494 g/mol. The summed E-state index contributed by atoms with van der Waals surface area (Å²) >= 11 is 0. The van der Waals surface area contributed by atoms with E-state index in [9.17, 15) is 9.59 Å². The number of aromatic nitrogens is 4. The van der Waals surface area contributed by atoms with Gasteiger partial charge in [0.05, 0.1) is 35.0 Å². The highest BCUT2D eigenvalue weighted by molar-refractivity contribution is 6.05. The Morgan fingerprint density at radius 2 is 1.68 bits per heavy atom. The van der Waals surface area contributed by atoms with Gasteiger partial charge in [0, 0.05) is 16.9 Å². The van der Waals surface area contributed by atoms with Crippen LogP contribution in [0, 0.1) is 0 Å². The molecule has 2 heterocycles. The molecule has 37 heavy (non-hydrogen) atoms. The van der Waals surface area contributed by atoms with Crippen molar-refractivity contribution in [2.45, 2.75) is 62.8 Å². The van der Waals surface area contributed by atoms with Crippen molar-refractivity contribution in [2.24, 2.45) is 0 Å². The molecular weight excluding hydrogens is 464 g/mol. The third-order valence-electron chi connectivity index (χ3n) is 7.78. The number of fused-ring (bicyclic) bond motifs is 1. The van der Waals surface area contributed by atoms with Crippen LogP contribution in [0.1, 0.15) is 73.3 Å². The molecule has 2 aliphatic carbocycles. The maximum atomic E-state index is 13.4. The summed E-state index contributed by atoms with van der Waals surface area (Å²) in [4.78, 5) is 34.3. The maximum absolute atomic E-state index is 13.4. The molecule has 2 aromatic carbocycles. The number of rotatable bonds is 6. The molecule has 2 aromatic heterocycles. The van der Waals surface area contributed by atoms with Crippen LogP contribution in [-0.2, 0) is 4.79 Å². The fourth-order valence-electron chi connectivity index (χ4n) is 5.63. The fraction of sp³-hybridized carbons (Fsp3) is 0.345. The van der Waals surface area contributed by atoms with Gasteiger partial charge in [-0.05, 0) is 56.4 Å². The van der Waals surface area contributed by atoms with Crippen LogP contribution in [0.5, 0.6) is 0 Å². The van der Waals surface area contributed by atoms with Gasteiger partial charge in [0.1, 0.15) is 11.9 Å². The van der Waals surface area contributed by atoms with Gasteiger partial charge in [-0.3, -0.25) is 9.59 Å². The zero-order valence-electron chi connectivity index (χ0n) is 20.7. The van der Waals surface area contributed by atoms with Gasteiger partial charge in [-0.2, -0.15) is 5.10 Å². The van der Waals surface area contributed by atoms with Crippen LogP contribution in [0.2, 0.25) is 0 Å². The molecule has 8 nitrogen and oxygen atoms in total. The Labute approximate surface area is 215 Å². The molecule has 8 heteroatoms. The third-order valence-corrected chi connectivity index (χ3v) is 7.78. The SMILES string of the molecule is O=C(NC1(C(=O)Nc2cncnc2)CCC1)c1ccc2c(C3CCCCC3)n(-c3ccccc3)nc2c1. The quantitative estimate of drug-likeness (QED) is 0.386. The summed E-state index contributed by atoms with van der Waals surface area (Å²) in [7, 11) is 0. The minimum Gasteiger partial charge on any atom is -0.338 e. The van der Waals surface area contributed by atoms with Crippen LogP contribution in [0.25, 0.3) is 16.6 Å². The van der Waals surface area contributed by atoms with Gasteiger partial charge in [-0.15, -0.1) is 0 Å². The number of para-hydroxylation sites is 1. The standard InChI is InChI=1S/C29H30N6O2/c36-27(33-29(14-7-15-29)28(37)32-22-17-30-19-31-18-22)21-12-13-24-25(16-21)34-35(23-10-5-2-6-11-23)26(24)20-8-3-1-4-9-20/h2,5-6,10-13,16-20H,1,3-4,7-9,14-15H2,(H,32,37)(H,33,36). The highest BCUT2D eigenvalue weighted by atomic mass is 16.2. The molecular formula is C29H30N6O2. The average Bonchev–Trinajstić information content (AvgIpc) is 3.31. The van der Waals surface area contributed by atoms with Gasteiger partial charge >= 0.3 is 0 Å². The first-order valence-electron chi connectivity index (χ1n) is 13.1. The van der Waals surface area contributed by atoms with Gasteiger partial charge in [-0.1, -0.05) is 43.5 Å². The molecule has 4 aromatic rings. The minimum atomic E-state index is -0.932. The first-order chi connectivity index (χ1) is 18.1. The summed E-state index contributed by atoms with van der Waals surface area (Å²) in [5.41, 5.74) is 3.13. The van der Waals surface area contributed by atoms with Crippen molar-refractivity contribution in [3.63, 3.8) is 0 Å². The predicted molar refractivity (Wildman–Crippen MR) is 142 cm³/mol. The fourth-order valence-corrected chi connectivity index (χ4v) is 5.63. The Morgan fingerprint density at radius 1 is 0.919 bits per heavy atom. The molecule has 2 N–H and O–H groups in total. The van der Waals surface area contributed by atoms with Crippen LogP contribution in [0.3, 0.4) is 0 Å². The normalized spacial score (nSPS) is 17.2. The number of nitrogens with zero attached hydrogens (tertiary/aromatic N) is 4. The van der Waals surface area contributed by atoms with Crippen LogP contribution in [-0.4, -0.2) is 37.1 Å². The van der Waals surface area contributed by atoms with E-state index in [0.29, 0.717) is 30.0 Å². The Kier molecular flexibility index (Phi) is 6.16. The van der Waals surface area contributed by atoms with E-state index in [1.807, 2.05) is 36.4 Å². The Bertz CT molecular complexity index is 1420. The van der Waals surface area contributed by atoms with E-state index in [1.165, 1.54) is 31.3 Å². The molecule has 0 atom stereocenters. The van der Waals surface area contributed by atoms with Crippen LogP contribution in [0.4, 0.5) is 5.69 Å². The van der Waals surface area contributed by atoms with Crippen molar-refractivity contribution in [1.82, 2.24) is 25.1 Å². The topological polar surface area (TPSA) is 102 Å². The zero-order valence-corrected chi connectivity index (χ0v) is 20.7. The summed E-state index contributed by atoms with van der Waals surface area (Å²) in [5, 5.41) is 11.9. The number of amides is 2. The van der Waals surface area contributed by atoms with Gasteiger partial charge in [0.25, 0.3) is 5.91 Å². The van der Waals surface area contributed by atoms with Gasteiger partial charge in [0.2, 0.25) is 5.91 Å². The third kappa shape index (κ3) is 4.48. The van der Waals surface area contributed by atoms with Crippen molar-refractivity contribution in [3.8, 4) is 5.69 Å². The molecule has 0 aliphatic heterocycles. The van der Waals surface area contributed by atoms with Crippen LogP contribution in [0.15, 0.2) is 67.3 Å². The van der Waals surface area contributed by atoms with E-state index in [0.717, 1.165) is 35.9 Å². The lowest BCUT2D eigenvalue weighted by atomic mass is 9.75. The highest BCUT2D eigenvalue weighted by Crippen LogP contribution is 2.38. The van der Waals surface area contributed by atoms with Crippen molar-refractivity contribution in [2.75, 3.05) is 5.32 Å². The maximum Gasteiger partial charge on any atom is 0.252 e. The number of hydrogen-bond donors (Lipinski definition) is 2. The van der Waals surface area contributed by atoms with E-state index in [-0.39, 0.29) is 11.8 Å². The van der Waals surface area contributed by atoms with E-state index in [4.69, 9.17) is 5.10 Å². The first kappa shape index (κ1) is 23.3. The number of nitrogens with one attached hydrogen (secondary N) is 2. The van der Waals surface area contributed by atoms with E-state index < -0.39 is 5.54 Å².